The van der Waals surface area contributed by atoms with Gasteiger partial charge in [-0.05, 0) is 30.3 Å². The molecule has 0 aliphatic heterocycles. The van der Waals surface area contributed by atoms with Gasteiger partial charge in [-0.25, -0.2) is 4.98 Å². The van der Waals surface area contributed by atoms with Crippen LogP contribution in [-0.4, -0.2) is 10.9 Å². The Morgan fingerprint density at radius 1 is 1.10 bits per heavy atom. The molecule has 4 nitrogen and oxygen atoms in total. The van der Waals surface area contributed by atoms with Crippen LogP contribution < -0.4 is 11.1 Å². The Balaban J connectivity index is 1.87. The number of nitrogens with one attached hydrogen (secondary N) is 1. The maximum absolute atomic E-state index is 12.2. The first-order valence-electron chi connectivity index (χ1n) is 6.36. The Bertz CT molecular complexity index is 833. The fourth-order valence-corrected chi connectivity index (χ4v) is 2.17. The van der Waals surface area contributed by atoms with Crippen LogP contribution in [0.4, 0.5) is 11.4 Å². The highest BCUT2D eigenvalue weighted by Crippen LogP contribution is 2.23. The van der Waals surface area contributed by atoms with E-state index in [-0.39, 0.29) is 5.91 Å². The summed E-state index contributed by atoms with van der Waals surface area (Å²) in [6.45, 7) is 0. The van der Waals surface area contributed by atoms with Crippen LogP contribution >= 0.6 is 11.6 Å². The summed E-state index contributed by atoms with van der Waals surface area (Å²) < 4.78 is 0. The van der Waals surface area contributed by atoms with E-state index in [1.807, 2.05) is 30.3 Å². The van der Waals surface area contributed by atoms with Crippen LogP contribution in [0.3, 0.4) is 0 Å². The number of para-hydroxylation sites is 1. The number of rotatable bonds is 2. The van der Waals surface area contributed by atoms with Gasteiger partial charge in [0.2, 0.25) is 0 Å². The van der Waals surface area contributed by atoms with Gasteiger partial charge in [-0.2, -0.15) is 0 Å². The van der Waals surface area contributed by atoms with E-state index < -0.39 is 0 Å². The van der Waals surface area contributed by atoms with Crippen molar-refractivity contribution < 1.29 is 4.79 Å². The second kappa shape index (κ2) is 5.42. The summed E-state index contributed by atoms with van der Waals surface area (Å²) in [5, 5.41) is 4.14. The molecule has 21 heavy (non-hydrogen) atoms. The number of nitrogens with zero attached hydrogens (tertiary/aromatic N) is 1. The van der Waals surface area contributed by atoms with Gasteiger partial charge in [-0.1, -0.05) is 35.9 Å². The number of nitrogens with two attached hydrogens (primary N) is 1. The number of aromatic nitrogens is 1. The first-order valence-corrected chi connectivity index (χ1v) is 6.73. The molecular weight excluding hydrogens is 286 g/mol. The number of hydrogen-bond acceptors (Lipinski definition) is 3. The van der Waals surface area contributed by atoms with Crippen molar-refractivity contribution in [3.05, 3.63) is 65.3 Å². The number of benzene rings is 2. The zero-order chi connectivity index (χ0) is 14.8. The van der Waals surface area contributed by atoms with Gasteiger partial charge in [0.05, 0.1) is 16.2 Å². The highest BCUT2D eigenvalue weighted by molar-refractivity contribution is 6.33. The molecule has 0 aliphatic rings. The van der Waals surface area contributed by atoms with Crippen molar-refractivity contribution in [1.29, 1.82) is 0 Å². The van der Waals surface area contributed by atoms with Gasteiger partial charge in [0, 0.05) is 11.1 Å². The Morgan fingerprint density at radius 3 is 2.71 bits per heavy atom. The third-order valence-electron chi connectivity index (χ3n) is 3.09. The molecule has 2 aromatic carbocycles. The SMILES string of the molecule is Nc1ccc(NC(=O)c2ccc3ccccc3n2)cc1Cl. The molecule has 0 atom stereocenters. The Morgan fingerprint density at radius 2 is 1.90 bits per heavy atom. The summed E-state index contributed by atoms with van der Waals surface area (Å²) in [5.74, 6) is -0.290. The Kier molecular flexibility index (Phi) is 3.46. The fourth-order valence-electron chi connectivity index (χ4n) is 1.99. The molecule has 5 heteroatoms. The summed E-state index contributed by atoms with van der Waals surface area (Å²) in [7, 11) is 0. The lowest BCUT2D eigenvalue weighted by Crippen LogP contribution is -2.13. The molecule has 3 rings (SSSR count). The second-order valence-corrected chi connectivity index (χ2v) is 4.99. The van der Waals surface area contributed by atoms with Crippen molar-refractivity contribution in [1.82, 2.24) is 4.98 Å². The number of carbonyl (C=O) groups is 1. The first kappa shape index (κ1) is 13.4. The minimum absolute atomic E-state index is 0.290. The molecule has 1 amide bonds. The molecule has 0 unspecified atom stereocenters. The van der Waals surface area contributed by atoms with E-state index in [1.54, 1.807) is 24.3 Å². The van der Waals surface area contributed by atoms with Gasteiger partial charge >= 0.3 is 0 Å². The summed E-state index contributed by atoms with van der Waals surface area (Å²) in [4.78, 5) is 16.5. The summed E-state index contributed by atoms with van der Waals surface area (Å²) in [6.07, 6.45) is 0. The average molecular weight is 298 g/mol. The van der Waals surface area contributed by atoms with Crippen LogP contribution in [0.15, 0.2) is 54.6 Å². The molecule has 0 saturated heterocycles. The number of halogens is 1. The predicted molar refractivity (Wildman–Crippen MR) is 85.6 cm³/mol. The molecular formula is C16H12ClN3O. The number of carbonyl (C=O) groups excluding carboxylic acids is 1. The Hall–Kier alpha value is -2.59. The van der Waals surface area contributed by atoms with Crippen LogP contribution in [0.25, 0.3) is 10.9 Å². The number of anilines is 2. The fraction of sp³-hybridized carbons (Fsp3) is 0. The lowest BCUT2D eigenvalue weighted by atomic mass is 10.2. The maximum atomic E-state index is 12.2. The van der Waals surface area contributed by atoms with Gasteiger partial charge in [0.15, 0.2) is 0 Å². The predicted octanol–water partition coefficient (Wildman–Crippen LogP) is 3.72. The lowest BCUT2D eigenvalue weighted by Gasteiger charge is -2.07. The maximum Gasteiger partial charge on any atom is 0.274 e. The highest BCUT2D eigenvalue weighted by atomic mass is 35.5. The highest BCUT2D eigenvalue weighted by Gasteiger charge is 2.09. The zero-order valence-electron chi connectivity index (χ0n) is 11.0. The Labute approximate surface area is 126 Å². The largest absolute Gasteiger partial charge is 0.398 e. The third-order valence-corrected chi connectivity index (χ3v) is 3.42. The minimum atomic E-state index is -0.290. The molecule has 3 aromatic rings. The van der Waals surface area contributed by atoms with Crippen LogP contribution in [0.5, 0.6) is 0 Å². The van der Waals surface area contributed by atoms with Gasteiger partial charge < -0.3 is 11.1 Å². The number of hydrogen-bond donors (Lipinski definition) is 2. The molecule has 0 aliphatic carbocycles. The molecule has 1 heterocycles. The monoisotopic (exact) mass is 297 g/mol. The molecule has 0 fully saturated rings. The molecule has 0 saturated carbocycles. The summed E-state index contributed by atoms with van der Waals surface area (Å²) >= 11 is 5.93. The number of nitrogen functional groups attached to an aromatic ring is 1. The van der Waals surface area contributed by atoms with Crippen molar-refractivity contribution in [3.8, 4) is 0 Å². The molecule has 0 bridgehead atoms. The number of fused-ring (bicyclic) bond motifs is 1. The van der Waals surface area contributed by atoms with E-state index in [0.29, 0.717) is 22.1 Å². The van der Waals surface area contributed by atoms with E-state index in [1.165, 1.54) is 0 Å². The van der Waals surface area contributed by atoms with E-state index in [2.05, 4.69) is 10.3 Å². The van der Waals surface area contributed by atoms with Crippen molar-refractivity contribution in [2.75, 3.05) is 11.1 Å². The zero-order valence-corrected chi connectivity index (χ0v) is 11.8. The van der Waals surface area contributed by atoms with Gasteiger partial charge in [-0.15, -0.1) is 0 Å². The molecule has 0 radical (unpaired) electrons. The quantitative estimate of drug-likeness (QED) is 0.708. The van der Waals surface area contributed by atoms with Crippen LogP contribution in [0, 0.1) is 0 Å². The van der Waals surface area contributed by atoms with Crippen LogP contribution in [-0.2, 0) is 0 Å². The standard InChI is InChI=1S/C16H12ClN3O/c17-12-9-11(6-7-13(12)18)19-16(21)15-8-5-10-3-1-2-4-14(10)20-15/h1-9H,18H2,(H,19,21). The molecule has 1 aromatic heterocycles. The van der Waals surface area contributed by atoms with Crippen molar-refractivity contribution in [2.24, 2.45) is 0 Å². The van der Waals surface area contributed by atoms with Gasteiger partial charge in [-0.3, -0.25) is 4.79 Å². The normalized spacial score (nSPS) is 10.5. The third kappa shape index (κ3) is 2.80. The first-order chi connectivity index (χ1) is 10.1. The average Bonchev–Trinajstić information content (AvgIpc) is 2.50. The topological polar surface area (TPSA) is 68.0 Å². The number of pyridine rings is 1. The summed E-state index contributed by atoms with van der Waals surface area (Å²) in [6, 6.07) is 16.1. The smallest absolute Gasteiger partial charge is 0.274 e. The van der Waals surface area contributed by atoms with Gasteiger partial charge in [0.25, 0.3) is 5.91 Å². The van der Waals surface area contributed by atoms with E-state index in [9.17, 15) is 4.79 Å². The molecule has 3 N–H and O–H groups in total. The lowest BCUT2D eigenvalue weighted by molar-refractivity contribution is 0.102. The molecule has 0 spiro atoms. The van der Waals surface area contributed by atoms with Crippen molar-refractivity contribution >= 4 is 39.8 Å². The summed E-state index contributed by atoms with van der Waals surface area (Å²) in [5.41, 5.74) is 7.81. The van der Waals surface area contributed by atoms with Crippen molar-refractivity contribution in [2.45, 2.75) is 0 Å². The number of amides is 1. The van der Waals surface area contributed by atoms with E-state index in [4.69, 9.17) is 17.3 Å². The second-order valence-electron chi connectivity index (χ2n) is 4.58. The van der Waals surface area contributed by atoms with Gasteiger partial charge in [0.1, 0.15) is 5.69 Å². The molecule has 104 valence electrons. The van der Waals surface area contributed by atoms with Crippen LogP contribution in [0.2, 0.25) is 5.02 Å². The van der Waals surface area contributed by atoms with E-state index >= 15 is 0 Å². The van der Waals surface area contributed by atoms with Crippen molar-refractivity contribution in [3.63, 3.8) is 0 Å². The van der Waals surface area contributed by atoms with Crippen LogP contribution in [0.1, 0.15) is 10.5 Å². The van der Waals surface area contributed by atoms with E-state index in [0.717, 1.165) is 10.9 Å². The minimum Gasteiger partial charge on any atom is -0.398 e.